The van der Waals surface area contributed by atoms with Gasteiger partial charge in [0.05, 0.1) is 6.10 Å². The minimum atomic E-state index is 0.00646. The van der Waals surface area contributed by atoms with Crippen LogP contribution in [0, 0.1) is 6.07 Å². The Hall–Kier alpha value is -2.03. The molecule has 2 aromatic carbocycles. The van der Waals surface area contributed by atoms with Crippen LogP contribution in [0.25, 0.3) is 10.8 Å². The molecule has 1 aliphatic rings. The van der Waals surface area contributed by atoms with Gasteiger partial charge in [-0.05, 0) is 59.9 Å². The maximum atomic E-state index is 10.9. The third-order valence-electron chi connectivity index (χ3n) is 3.46. The molecular weight excluding hydrogens is 250 g/mol. The molecule has 0 bridgehead atoms. The third kappa shape index (κ3) is 3.10. The maximum absolute atomic E-state index is 10.9. The summed E-state index contributed by atoms with van der Waals surface area (Å²) in [4.78, 5) is 10.9. The minimum absolute atomic E-state index is 0.00646. The average molecular weight is 268 g/mol. The zero-order chi connectivity index (χ0) is 13.9. The van der Waals surface area contributed by atoms with Crippen LogP contribution in [0.15, 0.2) is 30.3 Å². The second-order valence-corrected chi connectivity index (χ2v) is 5.28. The summed E-state index contributed by atoms with van der Waals surface area (Å²) >= 11 is 0. The summed E-state index contributed by atoms with van der Waals surface area (Å²) in [5, 5.41) is 5.18. The predicted octanol–water partition coefficient (Wildman–Crippen LogP) is 2.86. The summed E-state index contributed by atoms with van der Waals surface area (Å²) in [7, 11) is 0. The Labute approximate surface area is 118 Å². The fourth-order valence-corrected chi connectivity index (χ4v) is 2.28. The van der Waals surface area contributed by atoms with Gasteiger partial charge < -0.3 is 10.1 Å². The van der Waals surface area contributed by atoms with Crippen LogP contribution in [-0.4, -0.2) is 18.6 Å². The Morgan fingerprint density at radius 2 is 2.25 bits per heavy atom. The Balaban J connectivity index is 1.83. The van der Waals surface area contributed by atoms with Crippen LogP contribution in [0.4, 0.5) is 0 Å². The number of ether oxygens (including phenoxy) is 1. The maximum Gasteiger partial charge on any atom is 0.216 e. The lowest BCUT2D eigenvalue weighted by Gasteiger charge is -2.10. The molecule has 0 atom stereocenters. The standard InChI is InChI=1S/C17H18NO2/c1-12(19)18-10-9-14-4-2-3-13-5-6-16(11-17(13)14)20-15-7-8-15/h3-6,11,15H,7-10H2,1H3,(H,18,19). The summed E-state index contributed by atoms with van der Waals surface area (Å²) in [6.07, 6.45) is 3.54. The highest BCUT2D eigenvalue weighted by molar-refractivity contribution is 5.87. The number of hydrogen-bond donors (Lipinski definition) is 1. The summed E-state index contributed by atoms with van der Waals surface area (Å²) in [6, 6.07) is 13.3. The lowest BCUT2D eigenvalue weighted by atomic mass is 10.0. The Bertz CT molecular complexity index is 632. The van der Waals surface area contributed by atoms with Crippen molar-refractivity contribution in [2.75, 3.05) is 6.54 Å². The van der Waals surface area contributed by atoms with Crippen LogP contribution in [0.1, 0.15) is 25.3 Å². The molecule has 0 spiro atoms. The van der Waals surface area contributed by atoms with E-state index in [0.29, 0.717) is 12.6 Å². The normalized spacial score (nSPS) is 14.2. The van der Waals surface area contributed by atoms with Crippen LogP contribution in [0.3, 0.4) is 0 Å². The zero-order valence-corrected chi connectivity index (χ0v) is 11.6. The van der Waals surface area contributed by atoms with Gasteiger partial charge in [0.25, 0.3) is 0 Å². The molecule has 0 unspecified atom stereocenters. The summed E-state index contributed by atoms with van der Waals surface area (Å²) in [5.74, 6) is 0.943. The van der Waals surface area contributed by atoms with Crippen molar-refractivity contribution in [3.8, 4) is 5.75 Å². The van der Waals surface area contributed by atoms with Crippen molar-refractivity contribution < 1.29 is 9.53 Å². The molecule has 3 rings (SSSR count). The van der Waals surface area contributed by atoms with Crippen LogP contribution in [0.2, 0.25) is 0 Å². The quantitative estimate of drug-likeness (QED) is 0.905. The van der Waals surface area contributed by atoms with Gasteiger partial charge in [0.1, 0.15) is 5.75 Å². The second-order valence-electron chi connectivity index (χ2n) is 5.28. The van der Waals surface area contributed by atoms with Crippen LogP contribution >= 0.6 is 0 Å². The fraction of sp³-hybridized carbons (Fsp3) is 0.353. The van der Waals surface area contributed by atoms with E-state index in [1.165, 1.54) is 17.9 Å². The highest BCUT2D eigenvalue weighted by atomic mass is 16.5. The molecule has 1 N–H and O–H groups in total. The lowest BCUT2D eigenvalue weighted by molar-refractivity contribution is -0.118. The van der Waals surface area contributed by atoms with Crippen molar-refractivity contribution >= 4 is 16.7 Å². The van der Waals surface area contributed by atoms with Crippen LogP contribution in [-0.2, 0) is 11.2 Å². The second kappa shape index (κ2) is 5.53. The smallest absolute Gasteiger partial charge is 0.216 e. The van der Waals surface area contributed by atoms with E-state index in [0.717, 1.165) is 30.4 Å². The monoisotopic (exact) mass is 268 g/mol. The van der Waals surface area contributed by atoms with Crippen LogP contribution < -0.4 is 10.1 Å². The Kier molecular flexibility index (Phi) is 3.59. The third-order valence-corrected chi connectivity index (χ3v) is 3.46. The predicted molar refractivity (Wildman–Crippen MR) is 78.8 cm³/mol. The average Bonchev–Trinajstić information content (AvgIpc) is 3.23. The van der Waals surface area contributed by atoms with Crippen molar-refractivity contribution in [2.24, 2.45) is 0 Å². The van der Waals surface area contributed by atoms with Crippen molar-refractivity contribution in [1.29, 1.82) is 0 Å². The van der Waals surface area contributed by atoms with Gasteiger partial charge >= 0.3 is 0 Å². The van der Waals surface area contributed by atoms with E-state index in [-0.39, 0.29) is 5.91 Å². The van der Waals surface area contributed by atoms with Crippen molar-refractivity contribution in [2.45, 2.75) is 32.3 Å². The van der Waals surface area contributed by atoms with Crippen molar-refractivity contribution in [3.63, 3.8) is 0 Å². The van der Waals surface area contributed by atoms with Gasteiger partial charge in [-0.1, -0.05) is 12.1 Å². The van der Waals surface area contributed by atoms with E-state index < -0.39 is 0 Å². The number of rotatable bonds is 5. The number of fused-ring (bicyclic) bond motifs is 1. The van der Waals surface area contributed by atoms with Gasteiger partial charge in [-0.2, -0.15) is 0 Å². The van der Waals surface area contributed by atoms with E-state index >= 15 is 0 Å². The molecule has 0 saturated heterocycles. The molecule has 3 nitrogen and oxygen atoms in total. The van der Waals surface area contributed by atoms with Crippen molar-refractivity contribution in [3.05, 3.63) is 42.0 Å². The summed E-state index contributed by atoms with van der Waals surface area (Å²) in [5.41, 5.74) is 1.19. The number of benzene rings is 2. The molecule has 20 heavy (non-hydrogen) atoms. The van der Waals surface area contributed by atoms with E-state index in [1.54, 1.807) is 0 Å². The molecule has 0 aliphatic heterocycles. The first-order valence-corrected chi connectivity index (χ1v) is 7.06. The van der Waals surface area contributed by atoms with Gasteiger partial charge in [-0.25, -0.2) is 0 Å². The first kappa shape index (κ1) is 13.0. The van der Waals surface area contributed by atoms with Gasteiger partial charge in [-0.3, -0.25) is 4.79 Å². The van der Waals surface area contributed by atoms with Gasteiger partial charge in [0.2, 0.25) is 5.91 Å². The number of amides is 1. The zero-order valence-electron chi connectivity index (χ0n) is 11.6. The highest BCUT2D eigenvalue weighted by Crippen LogP contribution is 2.30. The molecule has 1 aliphatic carbocycles. The van der Waals surface area contributed by atoms with Crippen molar-refractivity contribution in [1.82, 2.24) is 5.32 Å². The molecule has 1 saturated carbocycles. The highest BCUT2D eigenvalue weighted by Gasteiger charge is 2.23. The molecule has 0 aromatic heterocycles. The molecule has 2 aromatic rings. The number of nitrogens with one attached hydrogen (secondary N) is 1. The number of hydrogen-bond acceptors (Lipinski definition) is 2. The number of carbonyl (C=O) groups is 1. The summed E-state index contributed by atoms with van der Waals surface area (Å²) < 4.78 is 5.85. The first-order chi connectivity index (χ1) is 9.72. The first-order valence-electron chi connectivity index (χ1n) is 7.06. The minimum Gasteiger partial charge on any atom is -0.490 e. The van der Waals surface area contributed by atoms with E-state index in [9.17, 15) is 4.79 Å². The molecule has 3 heteroatoms. The van der Waals surface area contributed by atoms with E-state index in [2.05, 4.69) is 23.5 Å². The van der Waals surface area contributed by atoms with E-state index in [4.69, 9.17) is 4.74 Å². The van der Waals surface area contributed by atoms with Gasteiger partial charge in [0.15, 0.2) is 0 Å². The topological polar surface area (TPSA) is 38.3 Å². The molecule has 0 heterocycles. The fourth-order valence-electron chi connectivity index (χ4n) is 2.28. The molecule has 103 valence electrons. The van der Waals surface area contributed by atoms with Gasteiger partial charge in [0, 0.05) is 13.5 Å². The SMILES string of the molecule is CC(=O)NCCc1c[c]cc2ccc(OC3CC3)cc12. The van der Waals surface area contributed by atoms with Crippen LogP contribution in [0.5, 0.6) is 5.75 Å². The summed E-state index contributed by atoms with van der Waals surface area (Å²) in [6.45, 7) is 2.19. The largest absolute Gasteiger partial charge is 0.490 e. The van der Waals surface area contributed by atoms with Gasteiger partial charge in [-0.15, -0.1) is 0 Å². The molecule has 1 fully saturated rings. The molecule has 1 radical (unpaired) electrons. The van der Waals surface area contributed by atoms with E-state index in [1.807, 2.05) is 18.2 Å². The molecular formula is C17H18NO2. The Morgan fingerprint density at radius 1 is 1.40 bits per heavy atom. The Morgan fingerprint density at radius 3 is 3.00 bits per heavy atom. The molecule has 1 amide bonds. The number of carbonyl (C=O) groups excluding carboxylic acids is 1. The lowest BCUT2D eigenvalue weighted by Crippen LogP contribution is -2.22.